The molecule has 0 aromatic heterocycles. The summed E-state index contributed by atoms with van der Waals surface area (Å²) < 4.78 is 10.7. The van der Waals surface area contributed by atoms with Crippen molar-refractivity contribution in [2.24, 2.45) is 0 Å². The summed E-state index contributed by atoms with van der Waals surface area (Å²) in [7, 11) is 0. The van der Waals surface area contributed by atoms with Gasteiger partial charge in [-0.25, -0.2) is 0 Å². The Morgan fingerprint density at radius 2 is 1.26 bits per heavy atom. The predicted octanol–water partition coefficient (Wildman–Crippen LogP) is 10.4. The summed E-state index contributed by atoms with van der Waals surface area (Å²) in [5.74, 6) is -0.689. The molecule has 5 nitrogen and oxygen atoms in total. The van der Waals surface area contributed by atoms with Gasteiger partial charge in [-0.1, -0.05) is 125 Å². The minimum atomic E-state index is -0.833. The van der Waals surface area contributed by atoms with Gasteiger partial charge in [-0.2, -0.15) is 0 Å². The molecule has 4 rings (SSSR count). The molecule has 4 aromatic rings. The van der Waals surface area contributed by atoms with Gasteiger partial charge >= 0.3 is 11.9 Å². The lowest BCUT2D eigenvalue weighted by atomic mass is 9.90. The second kappa shape index (κ2) is 19.9. The highest BCUT2D eigenvalue weighted by molar-refractivity contribution is 6.23. The average Bonchev–Trinajstić information content (AvgIpc) is 3.07. The van der Waals surface area contributed by atoms with Gasteiger partial charge in [0.1, 0.15) is 6.61 Å². The summed E-state index contributed by atoms with van der Waals surface area (Å²) in [4.78, 5) is 24.7. The number of carbonyl (C=O) groups excluding carboxylic acids is 2. The Morgan fingerprint density at radius 3 is 1.96 bits per heavy atom. The third-order valence-corrected chi connectivity index (χ3v) is 9.02. The number of esters is 2. The summed E-state index contributed by atoms with van der Waals surface area (Å²) in [6.45, 7) is 1.77. The van der Waals surface area contributed by atoms with Crippen LogP contribution in [-0.2, 0) is 25.5 Å². The Hall–Kier alpha value is -3.44. The largest absolute Gasteiger partial charge is 0.462 e. The second-order valence-electron chi connectivity index (χ2n) is 12.7. The Balaban J connectivity index is 1.05. The zero-order valence-corrected chi connectivity index (χ0v) is 27.9. The Morgan fingerprint density at radius 1 is 0.674 bits per heavy atom. The van der Waals surface area contributed by atoms with Gasteiger partial charge in [-0.15, -0.1) is 0 Å². The van der Waals surface area contributed by atoms with Crippen LogP contribution in [0.2, 0.25) is 0 Å². The minimum Gasteiger partial charge on any atom is -0.462 e. The minimum absolute atomic E-state index is 0.110. The lowest BCUT2D eigenvalue weighted by Gasteiger charge is -2.16. The number of unbranched alkanes of at least 4 members (excludes halogenated alkanes) is 11. The van der Waals surface area contributed by atoms with E-state index in [9.17, 15) is 14.7 Å². The fraction of sp³-hybridized carbons (Fsp3) is 0.512. The highest BCUT2D eigenvalue weighted by Crippen LogP contribution is 2.36. The number of carbonyl (C=O) groups is 2. The van der Waals surface area contributed by atoms with Crippen molar-refractivity contribution in [1.82, 2.24) is 0 Å². The van der Waals surface area contributed by atoms with E-state index >= 15 is 0 Å². The smallest absolute Gasteiger partial charge is 0.306 e. The fourth-order valence-corrected chi connectivity index (χ4v) is 6.40. The molecule has 5 heteroatoms. The highest BCUT2D eigenvalue weighted by Gasteiger charge is 2.17. The first kappa shape index (κ1) is 35.4. The van der Waals surface area contributed by atoms with E-state index in [1.54, 1.807) is 0 Å². The van der Waals surface area contributed by atoms with Crippen LogP contribution in [0.15, 0.2) is 66.7 Å². The molecule has 0 radical (unpaired) electrons. The molecule has 4 aromatic carbocycles. The van der Waals surface area contributed by atoms with Crippen LogP contribution < -0.4 is 0 Å². The molecule has 0 spiro atoms. The van der Waals surface area contributed by atoms with Gasteiger partial charge < -0.3 is 14.6 Å². The van der Waals surface area contributed by atoms with E-state index in [1.165, 1.54) is 95.7 Å². The maximum Gasteiger partial charge on any atom is 0.306 e. The maximum atomic E-state index is 12.5. The molecule has 0 aliphatic carbocycles. The second-order valence-corrected chi connectivity index (χ2v) is 12.7. The third kappa shape index (κ3) is 11.1. The van der Waals surface area contributed by atoms with Crippen LogP contribution in [0.3, 0.4) is 0 Å². The summed E-state index contributed by atoms with van der Waals surface area (Å²) in [6.07, 6.45) is 21.5. The molecular weight excluding hydrogens is 572 g/mol. The van der Waals surface area contributed by atoms with E-state index in [-0.39, 0.29) is 31.6 Å². The van der Waals surface area contributed by atoms with Crippen molar-refractivity contribution in [3.63, 3.8) is 0 Å². The van der Waals surface area contributed by atoms with E-state index in [0.717, 1.165) is 32.1 Å². The van der Waals surface area contributed by atoms with Crippen LogP contribution in [0, 0.1) is 0 Å². The SMILES string of the molecule is CCCCCCCC/C=C\CCCCCCCC(=O)OCC(CO)OC(=O)CCCc1ccc2ccc3cccc4ccc1c2c34. The van der Waals surface area contributed by atoms with Crippen LogP contribution in [0.1, 0.15) is 115 Å². The van der Waals surface area contributed by atoms with Crippen molar-refractivity contribution in [3.05, 3.63) is 72.3 Å². The van der Waals surface area contributed by atoms with Crippen LogP contribution in [-0.4, -0.2) is 36.4 Å². The van der Waals surface area contributed by atoms with Crippen molar-refractivity contribution in [3.8, 4) is 0 Å². The van der Waals surface area contributed by atoms with E-state index in [1.807, 2.05) is 0 Å². The number of aliphatic hydroxyl groups is 1. The number of aryl methyl sites for hydroxylation is 1. The lowest BCUT2D eigenvalue weighted by molar-refractivity contribution is -0.161. The molecule has 0 saturated heterocycles. The molecule has 0 aliphatic heterocycles. The van der Waals surface area contributed by atoms with Crippen LogP contribution >= 0.6 is 0 Å². The van der Waals surface area contributed by atoms with Crippen molar-refractivity contribution in [2.45, 2.75) is 122 Å². The van der Waals surface area contributed by atoms with Crippen molar-refractivity contribution in [2.75, 3.05) is 13.2 Å². The normalized spacial score (nSPS) is 12.5. The van der Waals surface area contributed by atoms with Gasteiger partial charge in [0.05, 0.1) is 6.61 Å². The Kier molecular flexibility index (Phi) is 15.3. The summed E-state index contributed by atoms with van der Waals surface area (Å²) >= 11 is 0. The number of benzene rings is 4. The lowest BCUT2D eigenvalue weighted by Crippen LogP contribution is -2.28. The summed E-state index contributed by atoms with van der Waals surface area (Å²) in [6, 6.07) is 19.4. The van der Waals surface area contributed by atoms with Crippen LogP contribution in [0.25, 0.3) is 32.3 Å². The van der Waals surface area contributed by atoms with Crippen LogP contribution in [0.4, 0.5) is 0 Å². The zero-order valence-electron chi connectivity index (χ0n) is 27.9. The first-order valence-corrected chi connectivity index (χ1v) is 17.9. The number of allylic oxidation sites excluding steroid dienone is 2. The molecule has 1 unspecified atom stereocenters. The molecule has 0 bridgehead atoms. The third-order valence-electron chi connectivity index (χ3n) is 9.02. The maximum absolute atomic E-state index is 12.5. The van der Waals surface area contributed by atoms with Crippen LogP contribution in [0.5, 0.6) is 0 Å². The standard InChI is InChI=1S/C41H54O5/c1-2-3-4-5-6-7-8-9-10-11-12-13-14-15-16-22-38(43)45-31-36(30-42)46-39(44)23-18-19-32-24-25-35-27-26-33-20-17-21-34-28-29-37(32)41(35)40(33)34/h9-10,17,20-21,24-29,36,42H,2-8,11-16,18-19,22-23,30-31H2,1H3/b10-9-. The van der Waals surface area contributed by atoms with Gasteiger partial charge in [0.2, 0.25) is 0 Å². The molecule has 0 fully saturated rings. The molecule has 1 N–H and O–H groups in total. The number of rotatable bonds is 23. The van der Waals surface area contributed by atoms with E-state index < -0.39 is 6.10 Å². The van der Waals surface area contributed by atoms with Crippen molar-refractivity contribution < 1.29 is 24.2 Å². The topological polar surface area (TPSA) is 72.8 Å². The van der Waals surface area contributed by atoms with E-state index in [0.29, 0.717) is 12.8 Å². The molecule has 0 heterocycles. The van der Waals surface area contributed by atoms with Gasteiger partial charge in [-0.3, -0.25) is 9.59 Å². The molecule has 46 heavy (non-hydrogen) atoms. The summed E-state index contributed by atoms with van der Waals surface area (Å²) in [5, 5.41) is 17.2. The van der Waals surface area contributed by atoms with Crippen molar-refractivity contribution in [1.29, 1.82) is 0 Å². The van der Waals surface area contributed by atoms with Gasteiger partial charge in [-0.05, 0) is 82.8 Å². The zero-order chi connectivity index (χ0) is 32.4. The molecule has 0 amide bonds. The van der Waals surface area contributed by atoms with Gasteiger partial charge in [0.15, 0.2) is 6.10 Å². The number of hydrogen-bond acceptors (Lipinski definition) is 5. The summed E-state index contributed by atoms with van der Waals surface area (Å²) in [5.41, 5.74) is 1.21. The van der Waals surface area contributed by atoms with E-state index in [4.69, 9.17) is 9.47 Å². The molecule has 0 aliphatic rings. The monoisotopic (exact) mass is 626 g/mol. The fourth-order valence-electron chi connectivity index (χ4n) is 6.40. The first-order valence-electron chi connectivity index (χ1n) is 17.9. The molecule has 1 atom stereocenters. The predicted molar refractivity (Wildman–Crippen MR) is 190 cm³/mol. The quantitative estimate of drug-likeness (QED) is 0.0384. The van der Waals surface area contributed by atoms with Crippen molar-refractivity contribution >= 4 is 44.3 Å². The first-order chi connectivity index (χ1) is 22.6. The Labute approximate surface area is 275 Å². The number of hydrogen-bond donors (Lipinski definition) is 1. The number of aliphatic hydroxyl groups excluding tert-OH is 1. The van der Waals surface area contributed by atoms with Gasteiger partial charge in [0, 0.05) is 12.8 Å². The molecule has 0 saturated carbocycles. The molecule has 248 valence electrons. The van der Waals surface area contributed by atoms with Gasteiger partial charge in [0.25, 0.3) is 0 Å². The van der Waals surface area contributed by atoms with E-state index in [2.05, 4.69) is 73.7 Å². The number of ether oxygens (including phenoxy) is 2. The highest BCUT2D eigenvalue weighted by atomic mass is 16.6. The molecular formula is C41H54O5. The Bertz CT molecular complexity index is 1490. The average molecular weight is 627 g/mol.